The molecular weight excluding hydrogens is 260 g/mol. The molecule has 0 bridgehead atoms. The molecule has 0 saturated heterocycles. The summed E-state index contributed by atoms with van der Waals surface area (Å²) in [5.41, 5.74) is 1.88. The summed E-state index contributed by atoms with van der Waals surface area (Å²) in [6.45, 7) is 0.473. The quantitative estimate of drug-likeness (QED) is 0.725. The minimum atomic E-state index is 0.473. The number of pyridine rings is 2. The maximum atomic E-state index is 6.18. The van der Waals surface area contributed by atoms with Crippen molar-refractivity contribution in [2.75, 3.05) is 0 Å². The smallest absolute Gasteiger partial charge is 0.215 e. The monoisotopic (exact) mass is 270 g/mol. The van der Waals surface area contributed by atoms with Crippen LogP contribution in [0.25, 0.3) is 10.9 Å². The Bertz CT molecular complexity index is 701. The van der Waals surface area contributed by atoms with Gasteiger partial charge in [-0.2, -0.15) is 0 Å². The molecule has 4 heteroatoms. The molecule has 3 rings (SSSR count). The van der Waals surface area contributed by atoms with Crippen molar-refractivity contribution in [1.82, 2.24) is 9.97 Å². The molecule has 0 unspecified atom stereocenters. The van der Waals surface area contributed by atoms with E-state index in [9.17, 15) is 0 Å². The number of rotatable bonds is 3. The Hall–Kier alpha value is -2.13. The van der Waals surface area contributed by atoms with Crippen LogP contribution in [0.3, 0.4) is 0 Å². The van der Waals surface area contributed by atoms with Gasteiger partial charge in [0.25, 0.3) is 0 Å². The van der Waals surface area contributed by atoms with Gasteiger partial charge in [0.15, 0.2) is 0 Å². The SMILES string of the molecule is Clc1cc(OCc2ccccc2)nc2ccncc12. The van der Waals surface area contributed by atoms with Crippen LogP contribution in [0.2, 0.25) is 5.02 Å². The Labute approximate surface area is 115 Å². The van der Waals surface area contributed by atoms with Crippen molar-refractivity contribution >= 4 is 22.5 Å². The Morgan fingerprint density at radius 1 is 1.11 bits per heavy atom. The standard InChI is InChI=1S/C15H11ClN2O/c16-13-8-15(18-14-6-7-17-9-12(13)14)19-10-11-4-2-1-3-5-11/h1-9H,10H2. The van der Waals surface area contributed by atoms with Crippen LogP contribution in [-0.4, -0.2) is 9.97 Å². The maximum Gasteiger partial charge on any atom is 0.215 e. The number of benzene rings is 1. The van der Waals surface area contributed by atoms with Crippen LogP contribution < -0.4 is 4.74 Å². The highest BCUT2D eigenvalue weighted by molar-refractivity contribution is 6.35. The van der Waals surface area contributed by atoms with Gasteiger partial charge in [0, 0.05) is 23.8 Å². The molecule has 3 nitrogen and oxygen atoms in total. The van der Waals surface area contributed by atoms with Gasteiger partial charge < -0.3 is 4.74 Å². The predicted octanol–water partition coefficient (Wildman–Crippen LogP) is 3.86. The number of halogens is 1. The molecule has 19 heavy (non-hydrogen) atoms. The minimum Gasteiger partial charge on any atom is -0.473 e. The third-order valence-corrected chi connectivity index (χ3v) is 3.08. The van der Waals surface area contributed by atoms with E-state index in [-0.39, 0.29) is 0 Å². The van der Waals surface area contributed by atoms with E-state index in [1.54, 1.807) is 18.5 Å². The van der Waals surface area contributed by atoms with Crippen LogP contribution in [0.5, 0.6) is 5.88 Å². The van der Waals surface area contributed by atoms with Gasteiger partial charge in [-0.3, -0.25) is 4.98 Å². The first-order valence-corrected chi connectivity index (χ1v) is 6.28. The van der Waals surface area contributed by atoms with E-state index >= 15 is 0 Å². The van der Waals surface area contributed by atoms with Crippen LogP contribution in [-0.2, 0) is 6.61 Å². The first kappa shape index (κ1) is 11.9. The molecule has 0 N–H and O–H groups in total. The fourth-order valence-corrected chi connectivity index (χ4v) is 2.05. The Kier molecular flexibility index (Phi) is 3.29. The van der Waals surface area contributed by atoms with Gasteiger partial charge in [0.1, 0.15) is 6.61 Å². The fourth-order valence-electron chi connectivity index (χ4n) is 1.81. The van der Waals surface area contributed by atoms with Crippen molar-refractivity contribution < 1.29 is 4.74 Å². The van der Waals surface area contributed by atoms with E-state index in [4.69, 9.17) is 16.3 Å². The number of ether oxygens (including phenoxy) is 1. The second-order valence-electron chi connectivity index (χ2n) is 4.11. The van der Waals surface area contributed by atoms with E-state index in [2.05, 4.69) is 9.97 Å². The molecule has 0 atom stereocenters. The van der Waals surface area contributed by atoms with Gasteiger partial charge >= 0.3 is 0 Å². The third kappa shape index (κ3) is 2.66. The molecule has 2 heterocycles. The highest BCUT2D eigenvalue weighted by Crippen LogP contribution is 2.25. The molecule has 0 amide bonds. The van der Waals surface area contributed by atoms with Crippen molar-refractivity contribution in [2.24, 2.45) is 0 Å². The lowest BCUT2D eigenvalue weighted by atomic mass is 10.2. The van der Waals surface area contributed by atoms with Gasteiger partial charge in [-0.15, -0.1) is 0 Å². The second kappa shape index (κ2) is 5.24. The summed E-state index contributed by atoms with van der Waals surface area (Å²) in [5, 5.41) is 1.43. The van der Waals surface area contributed by atoms with Gasteiger partial charge in [-0.05, 0) is 11.6 Å². The third-order valence-electron chi connectivity index (χ3n) is 2.77. The molecule has 1 aromatic carbocycles. The average molecular weight is 271 g/mol. The largest absolute Gasteiger partial charge is 0.473 e. The summed E-state index contributed by atoms with van der Waals surface area (Å²) in [6, 6.07) is 13.5. The summed E-state index contributed by atoms with van der Waals surface area (Å²) < 4.78 is 5.67. The van der Waals surface area contributed by atoms with E-state index in [0.717, 1.165) is 16.5 Å². The van der Waals surface area contributed by atoms with Crippen LogP contribution in [0.4, 0.5) is 0 Å². The van der Waals surface area contributed by atoms with E-state index in [1.807, 2.05) is 36.4 Å². The van der Waals surface area contributed by atoms with Crippen LogP contribution in [0.15, 0.2) is 54.9 Å². The van der Waals surface area contributed by atoms with Crippen LogP contribution in [0.1, 0.15) is 5.56 Å². The van der Waals surface area contributed by atoms with Gasteiger partial charge in [0.2, 0.25) is 5.88 Å². The highest BCUT2D eigenvalue weighted by atomic mass is 35.5. The molecule has 3 aromatic rings. The lowest BCUT2D eigenvalue weighted by molar-refractivity contribution is 0.295. The van der Waals surface area contributed by atoms with Crippen molar-refractivity contribution in [3.63, 3.8) is 0 Å². The maximum absolute atomic E-state index is 6.18. The molecule has 2 aromatic heterocycles. The second-order valence-corrected chi connectivity index (χ2v) is 4.52. The topological polar surface area (TPSA) is 35.0 Å². The summed E-state index contributed by atoms with van der Waals surface area (Å²) in [4.78, 5) is 8.44. The van der Waals surface area contributed by atoms with Gasteiger partial charge in [0.05, 0.1) is 10.5 Å². The Morgan fingerprint density at radius 2 is 1.95 bits per heavy atom. The average Bonchev–Trinajstić information content (AvgIpc) is 2.46. The van der Waals surface area contributed by atoms with Crippen LogP contribution in [0, 0.1) is 0 Å². The van der Waals surface area contributed by atoms with Crippen molar-refractivity contribution in [3.05, 3.63) is 65.4 Å². The Morgan fingerprint density at radius 3 is 2.79 bits per heavy atom. The lowest BCUT2D eigenvalue weighted by Crippen LogP contribution is -1.97. The zero-order valence-corrected chi connectivity index (χ0v) is 10.8. The van der Waals surface area contributed by atoms with E-state index in [0.29, 0.717) is 17.5 Å². The molecule has 0 aliphatic heterocycles. The Balaban J connectivity index is 1.85. The van der Waals surface area contributed by atoms with Crippen molar-refractivity contribution in [1.29, 1.82) is 0 Å². The zero-order valence-electron chi connectivity index (χ0n) is 10.1. The molecule has 0 saturated carbocycles. The normalized spacial score (nSPS) is 10.6. The molecule has 0 spiro atoms. The number of hydrogen-bond acceptors (Lipinski definition) is 3. The molecular formula is C15H11ClN2O. The molecule has 0 aliphatic carbocycles. The molecule has 94 valence electrons. The minimum absolute atomic E-state index is 0.473. The predicted molar refractivity (Wildman–Crippen MR) is 75.3 cm³/mol. The number of hydrogen-bond donors (Lipinski definition) is 0. The summed E-state index contributed by atoms with van der Waals surface area (Å²) in [6.07, 6.45) is 3.39. The van der Waals surface area contributed by atoms with Crippen molar-refractivity contribution in [3.8, 4) is 5.88 Å². The number of fused-ring (bicyclic) bond motifs is 1. The lowest BCUT2D eigenvalue weighted by Gasteiger charge is -2.07. The van der Waals surface area contributed by atoms with Gasteiger partial charge in [-0.1, -0.05) is 41.9 Å². The van der Waals surface area contributed by atoms with Crippen LogP contribution >= 0.6 is 11.6 Å². The van der Waals surface area contributed by atoms with Crippen molar-refractivity contribution in [2.45, 2.75) is 6.61 Å². The zero-order chi connectivity index (χ0) is 13.1. The first-order valence-electron chi connectivity index (χ1n) is 5.90. The highest BCUT2D eigenvalue weighted by Gasteiger charge is 2.05. The first-order chi connectivity index (χ1) is 9.33. The van der Waals surface area contributed by atoms with E-state index < -0.39 is 0 Å². The summed E-state index contributed by atoms with van der Waals surface area (Å²) >= 11 is 6.18. The molecule has 0 aliphatic rings. The summed E-state index contributed by atoms with van der Waals surface area (Å²) in [7, 11) is 0. The molecule has 0 fully saturated rings. The number of nitrogens with zero attached hydrogens (tertiary/aromatic N) is 2. The van der Waals surface area contributed by atoms with E-state index in [1.165, 1.54) is 0 Å². The van der Waals surface area contributed by atoms with Gasteiger partial charge in [-0.25, -0.2) is 4.98 Å². The summed E-state index contributed by atoms with van der Waals surface area (Å²) in [5.74, 6) is 0.521. The fraction of sp³-hybridized carbons (Fsp3) is 0.0667. The number of aromatic nitrogens is 2. The molecule has 0 radical (unpaired) electrons.